The molecule has 0 spiro atoms. The van der Waals surface area contributed by atoms with E-state index in [0.29, 0.717) is 37.8 Å². The lowest BCUT2D eigenvalue weighted by Gasteiger charge is -2.33. The normalized spacial score (nSPS) is 15.0. The van der Waals surface area contributed by atoms with E-state index in [-0.39, 0.29) is 5.91 Å². The molecule has 2 heterocycles. The molecule has 4 rings (SSSR count). The Kier molecular flexibility index (Phi) is 3.69. The first-order chi connectivity index (χ1) is 11.7. The van der Waals surface area contributed by atoms with Gasteiger partial charge in [0.2, 0.25) is 0 Å². The van der Waals surface area contributed by atoms with Gasteiger partial charge in [-0.25, -0.2) is 0 Å². The fourth-order valence-electron chi connectivity index (χ4n) is 2.93. The van der Waals surface area contributed by atoms with Gasteiger partial charge in [-0.3, -0.25) is 4.79 Å². The van der Waals surface area contributed by atoms with Gasteiger partial charge in [0.25, 0.3) is 11.9 Å². The molecular formula is C19H18N3O2. The van der Waals surface area contributed by atoms with Gasteiger partial charge in [-0.05, 0) is 36.8 Å². The summed E-state index contributed by atoms with van der Waals surface area (Å²) in [6.45, 7) is 6.59. The van der Waals surface area contributed by atoms with Crippen molar-refractivity contribution in [2.24, 2.45) is 0 Å². The van der Waals surface area contributed by atoms with Gasteiger partial charge in [0, 0.05) is 31.7 Å². The highest BCUT2D eigenvalue weighted by Gasteiger charge is 2.24. The molecular weight excluding hydrogens is 302 g/mol. The minimum absolute atomic E-state index is 0.0622. The Morgan fingerprint density at radius 3 is 2.42 bits per heavy atom. The molecule has 1 saturated heterocycles. The molecule has 1 fully saturated rings. The summed E-state index contributed by atoms with van der Waals surface area (Å²) in [5.41, 5.74) is 3.27. The van der Waals surface area contributed by atoms with E-state index >= 15 is 0 Å². The summed E-state index contributed by atoms with van der Waals surface area (Å²) in [6.07, 6.45) is 0. The number of nitrogens with zero attached hydrogens (tertiary/aromatic N) is 3. The van der Waals surface area contributed by atoms with Crippen molar-refractivity contribution in [3.05, 3.63) is 66.6 Å². The summed E-state index contributed by atoms with van der Waals surface area (Å²) in [5.74, 6) is 0.0622. The lowest BCUT2D eigenvalue weighted by molar-refractivity contribution is 0.0745. The number of hydrogen-bond acceptors (Lipinski definition) is 4. The third-order valence-electron chi connectivity index (χ3n) is 4.32. The first-order valence-electron chi connectivity index (χ1n) is 8.02. The van der Waals surface area contributed by atoms with E-state index in [0.717, 1.165) is 16.7 Å². The van der Waals surface area contributed by atoms with Crippen molar-refractivity contribution in [3.63, 3.8) is 0 Å². The van der Waals surface area contributed by atoms with E-state index in [1.807, 2.05) is 53.4 Å². The average Bonchev–Trinajstić information content (AvgIpc) is 3.06. The Balaban J connectivity index is 1.44. The molecule has 0 bridgehead atoms. The van der Waals surface area contributed by atoms with E-state index < -0.39 is 0 Å². The SMILES string of the molecule is [CH2]c1ccc(C(=O)N2CCN(c3nc4ccccc4o3)CC2)cc1. The topological polar surface area (TPSA) is 49.6 Å². The van der Waals surface area contributed by atoms with Crippen LogP contribution in [0.4, 0.5) is 6.01 Å². The van der Waals surface area contributed by atoms with Gasteiger partial charge < -0.3 is 14.2 Å². The standard InChI is InChI=1S/C19H18N3O2/c1-14-6-8-15(9-7-14)18(23)21-10-12-22(13-11-21)19-20-16-4-2-3-5-17(16)24-19/h2-9H,1,10-13H2. The van der Waals surface area contributed by atoms with Gasteiger partial charge in [-0.15, -0.1) is 0 Å². The molecule has 2 aromatic carbocycles. The summed E-state index contributed by atoms with van der Waals surface area (Å²) in [5, 5.41) is 0. The maximum absolute atomic E-state index is 12.5. The van der Waals surface area contributed by atoms with Gasteiger partial charge in [-0.1, -0.05) is 24.3 Å². The predicted molar refractivity (Wildman–Crippen MR) is 93.0 cm³/mol. The van der Waals surface area contributed by atoms with Gasteiger partial charge in [-0.2, -0.15) is 4.98 Å². The van der Waals surface area contributed by atoms with Gasteiger partial charge in [0.15, 0.2) is 5.58 Å². The summed E-state index contributed by atoms with van der Waals surface area (Å²) in [7, 11) is 0. The van der Waals surface area contributed by atoms with Crippen molar-refractivity contribution in [2.45, 2.75) is 0 Å². The van der Waals surface area contributed by atoms with E-state index in [1.54, 1.807) is 0 Å². The summed E-state index contributed by atoms with van der Waals surface area (Å²) >= 11 is 0. The summed E-state index contributed by atoms with van der Waals surface area (Å²) in [4.78, 5) is 21.0. The van der Waals surface area contributed by atoms with E-state index in [1.165, 1.54) is 0 Å². The molecule has 0 N–H and O–H groups in total. The number of anilines is 1. The van der Waals surface area contributed by atoms with Crippen LogP contribution in [0.1, 0.15) is 15.9 Å². The second kappa shape index (κ2) is 6.00. The monoisotopic (exact) mass is 320 g/mol. The first-order valence-corrected chi connectivity index (χ1v) is 8.02. The Morgan fingerprint density at radius 2 is 1.71 bits per heavy atom. The van der Waals surface area contributed by atoms with Gasteiger partial charge >= 0.3 is 0 Å². The minimum atomic E-state index is 0.0622. The smallest absolute Gasteiger partial charge is 0.298 e. The molecule has 121 valence electrons. The number of carbonyl (C=O) groups excluding carboxylic acids is 1. The zero-order chi connectivity index (χ0) is 16.5. The number of benzene rings is 2. The van der Waals surface area contributed by atoms with Crippen LogP contribution in [-0.2, 0) is 0 Å². The number of hydrogen-bond donors (Lipinski definition) is 0. The van der Waals surface area contributed by atoms with Gasteiger partial charge in [0.05, 0.1) is 0 Å². The van der Waals surface area contributed by atoms with Crippen LogP contribution >= 0.6 is 0 Å². The predicted octanol–water partition coefficient (Wildman–Crippen LogP) is 2.97. The number of amides is 1. The Labute approximate surface area is 140 Å². The lowest BCUT2D eigenvalue weighted by Crippen LogP contribution is -2.48. The Hall–Kier alpha value is -2.82. The van der Waals surface area contributed by atoms with Crippen LogP contribution in [0.5, 0.6) is 0 Å². The number of oxazole rings is 1. The maximum Gasteiger partial charge on any atom is 0.298 e. The average molecular weight is 320 g/mol. The fourth-order valence-corrected chi connectivity index (χ4v) is 2.93. The van der Waals surface area contributed by atoms with Crippen molar-refractivity contribution in [3.8, 4) is 0 Å². The largest absolute Gasteiger partial charge is 0.423 e. The first kappa shape index (κ1) is 14.8. The Bertz CT molecular complexity index is 829. The summed E-state index contributed by atoms with van der Waals surface area (Å²) in [6, 6.07) is 15.8. The van der Waals surface area contributed by atoms with Gasteiger partial charge in [0.1, 0.15) is 5.52 Å². The van der Waals surface area contributed by atoms with Crippen LogP contribution in [0.2, 0.25) is 0 Å². The highest BCUT2D eigenvalue weighted by molar-refractivity contribution is 5.94. The number of fused-ring (bicyclic) bond motifs is 1. The molecule has 5 nitrogen and oxygen atoms in total. The van der Waals surface area contributed by atoms with Crippen LogP contribution in [0.3, 0.4) is 0 Å². The lowest BCUT2D eigenvalue weighted by atomic mass is 10.1. The molecule has 0 aliphatic carbocycles. The third-order valence-corrected chi connectivity index (χ3v) is 4.32. The van der Waals surface area contributed by atoms with E-state index in [2.05, 4.69) is 16.8 Å². The molecule has 0 unspecified atom stereocenters. The molecule has 1 amide bonds. The van der Waals surface area contributed by atoms with Crippen LogP contribution in [-0.4, -0.2) is 42.0 Å². The molecule has 0 saturated carbocycles. The second-order valence-corrected chi connectivity index (χ2v) is 5.94. The van der Waals surface area contributed by atoms with E-state index in [9.17, 15) is 4.79 Å². The molecule has 24 heavy (non-hydrogen) atoms. The van der Waals surface area contributed by atoms with Crippen LogP contribution in [0, 0.1) is 6.92 Å². The fraction of sp³-hybridized carbons (Fsp3) is 0.211. The molecule has 5 heteroatoms. The third kappa shape index (κ3) is 2.73. The van der Waals surface area contributed by atoms with Crippen LogP contribution < -0.4 is 4.90 Å². The van der Waals surface area contributed by atoms with Crippen molar-refractivity contribution in [1.82, 2.24) is 9.88 Å². The molecule has 1 aliphatic heterocycles. The molecule has 0 atom stereocenters. The van der Waals surface area contributed by atoms with Crippen molar-refractivity contribution in [2.75, 3.05) is 31.1 Å². The number of carbonyl (C=O) groups is 1. The number of piperazine rings is 1. The highest BCUT2D eigenvalue weighted by atomic mass is 16.4. The van der Waals surface area contributed by atoms with E-state index in [4.69, 9.17) is 4.42 Å². The Morgan fingerprint density at radius 1 is 1.00 bits per heavy atom. The zero-order valence-electron chi connectivity index (χ0n) is 13.3. The molecule has 1 radical (unpaired) electrons. The summed E-state index contributed by atoms with van der Waals surface area (Å²) < 4.78 is 5.81. The molecule has 1 aliphatic rings. The highest BCUT2D eigenvalue weighted by Crippen LogP contribution is 2.22. The second-order valence-electron chi connectivity index (χ2n) is 5.94. The van der Waals surface area contributed by atoms with Crippen LogP contribution in [0.15, 0.2) is 52.9 Å². The van der Waals surface area contributed by atoms with Crippen molar-refractivity contribution in [1.29, 1.82) is 0 Å². The quantitative estimate of drug-likeness (QED) is 0.728. The van der Waals surface area contributed by atoms with Crippen molar-refractivity contribution >= 4 is 23.0 Å². The number of rotatable bonds is 2. The van der Waals surface area contributed by atoms with Crippen LogP contribution in [0.25, 0.3) is 11.1 Å². The molecule has 1 aromatic heterocycles. The number of aromatic nitrogens is 1. The minimum Gasteiger partial charge on any atom is -0.423 e. The van der Waals surface area contributed by atoms with Crippen molar-refractivity contribution < 1.29 is 9.21 Å². The number of para-hydroxylation sites is 2. The maximum atomic E-state index is 12.5. The zero-order valence-corrected chi connectivity index (χ0v) is 13.3. The molecule has 3 aromatic rings.